The van der Waals surface area contributed by atoms with Crippen molar-refractivity contribution in [3.8, 4) is 11.5 Å². The maximum atomic E-state index is 13.1. The Balaban J connectivity index is 1.42. The molecule has 1 aromatic heterocycles. The first-order valence-electron chi connectivity index (χ1n) is 10.6. The van der Waals surface area contributed by atoms with E-state index in [1.165, 1.54) is 18.2 Å². The normalized spacial score (nSPS) is 15.6. The molecular formula is C25H20BrF3N4O2. The fourth-order valence-corrected chi connectivity index (χ4v) is 3.78. The zero-order valence-electron chi connectivity index (χ0n) is 18.4. The number of pyridine rings is 1. The van der Waals surface area contributed by atoms with Crippen molar-refractivity contribution in [2.24, 2.45) is 4.99 Å². The molecule has 4 rings (SSSR count). The maximum Gasteiger partial charge on any atom is 0.417 e. The monoisotopic (exact) mass is 544 g/mol. The van der Waals surface area contributed by atoms with E-state index in [1.54, 1.807) is 48.7 Å². The van der Waals surface area contributed by atoms with Crippen molar-refractivity contribution >= 4 is 39.4 Å². The summed E-state index contributed by atoms with van der Waals surface area (Å²) in [5, 5.41) is 5.70. The molecule has 0 aliphatic carbocycles. The van der Waals surface area contributed by atoms with Crippen LogP contribution in [0.1, 0.15) is 23.7 Å². The SMILES string of the molecule is CC1CN=C(c2cc(Oc3cccc(C=CC(=O)Nc4ccc(Br)c(C(F)(F)F)c4)c3)ccn2)N1. The van der Waals surface area contributed by atoms with Gasteiger partial charge in [0.2, 0.25) is 5.91 Å². The fourth-order valence-electron chi connectivity index (χ4n) is 3.31. The minimum atomic E-state index is -4.54. The summed E-state index contributed by atoms with van der Waals surface area (Å²) in [6.45, 7) is 2.73. The molecule has 180 valence electrons. The largest absolute Gasteiger partial charge is 0.457 e. The van der Waals surface area contributed by atoms with Crippen molar-refractivity contribution < 1.29 is 22.7 Å². The Morgan fingerprint density at radius 2 is 1.97 bits per heavy atom. The molecule has 2 heterocycles. The maximum absolute atomic E-state index is 13.1. The number of carbonyl (C=O) groups excluding carboxylic acids is 1. The molecule has 0 saturated heterocycles. The Bertz CT molecular complexity index is 1310. The molecule has 0 bridgehead atoms. The summed E-state index contributed by atoms with van der Waals surface area (Å²) < 4.78 is 45.0. The first-order chi connectivity index (χ1) is 16.7. The van der Waals surface area contributed by atoms with Gasteiger partial charge in [-0.25, -0.2) is 0 Å². The van der Waals surface area contributed by atoms with Crippen molar-refractivity contribution in [2.75, 3.05) is 11.9 Å². The van der Waals surface area contributed by atoms with Gasteiger partial charge in [0.05, 0.1) is 12.1 Å². The molecule has 1 amide bonds. The molecule has 0 fully saturated rings. The number of amidine groups is 1. The van der Waals surface area contributed by atoms with Crippen molar-refractivity contribution in [3.05, 3.63) is 88.2 Å². The van der Waals surface area contributed by atoms with Crippen molar-refractivity contribution in [1.29, 1.82) is 0 Å². The van der Waals surface area contributed by atoms with Gasteiger partial charge in [-0.05, 0) is 55.0 Å². The average molecular weight is 545 g/mol. The summed E-state index contributed by atoms with van der Waals surface area (Å²) in [6, 6.07) is 14.3. The highest BCUT2D eigenvalue weighted by molar-refractivity contribution is 9.10. The van der Waals surface area contributed by atoms with Crippen LogP contribution in [0.2, 0.25) is 0 Å². The van der Waals surface area contributed by atoms with Crippen LogP contribution in [0.3, 0.4) is 0 Å². The highest BCUT2D eigenvalue weighted by Gasteiger charge is 2.33. The highest BCUT2D eigenvalue weighted by Crippen LogP contribution is 2.36. The van der Waals surface area contributed by atoms with Gasteiger partial charge in [-0.1, -0.05) is 28.1 Å². The van der Waals surface area contributed by atoms with Crippen LogP contribution in [-0.2, 0) is 11.0 Å². The number of aliphatic imine (C=N–C) groups is 1. The number of benzene rings is 2. The van der Waals surface area contributed by atoms with E-state index >= 15 is 0 Å². The number of nitrogens with one attached hydrogen (secondary N) is 2. The molecular weight excluding hydrogens is 525 g/mol. The molecule has 1 aliphatic rings. The Hall–Kier alpha value is -3.66. The fraction of sp³-hybridized carbons (Fsp3) is 0.160. The number of hydrogen-bond acceptors (Lipinski definition) is 5. The van der Waals surface area contributed by atoms with E-state index in [0.717, 1.165) is 11.9 Å². The quantitative estimate of drug-likeness (QED) is 0.370. The minimum absolute atomic E-state index is 0.0384. The van der Waals surface area contributed by atoms with E-state index in [-0.39, 0.29) is 16.2 Å². The molecule has 6 nitrogen and oxygen atoms in total. The van der Waals surface area contributed by atoms with Gasteiger partial charge < -0.3 is 15.4 Å². The summed E-state index contributed by atoms with van der Waals surface area (Å²) in [7, 11) is 0. The minimum Gasteiger partial charge on any atom is -0.457 e. The first kappa shape index (κ1) is 24.5. The Kier molecular flexibility index (Phi) is 7.20. The smallest absolute Gasteiger partial charge is 0.417 e. The van der Waals surface area contributed by atoms with Gasteiger partial charge in [-0.15, -0.1) is 0 Å². The standard InChI is InChI=1S/C25H20BrF3N4O2/c1-15-14-31-24(32-15)22-13-19(9-10-30-22)35-18-4-2-3-16(11-18)5-8-23(34)33-17-6-7-21(26)20(12-17)25(27,28)29/h2-13,15H,14H2,1H3,(H,31,32)(H,33,34). The molecule has 1 aliphatic heterocycles. The van der Waals surface area contributed by atoms with Crippen molar-refractivity contribution in [2.45, 2.75) is 19.1 Å². The molecule has 0 saturated carbocycles. The second-order valence-corrected chi connectivity index (χ2v) is 8.66. The topological polar surface area (TPSA) is 75.6 Å². The van der Waals surface area contributed by atoms with Crippen molar-refractivity contribution in [3.63, 3.8) is 0 Å². The molecule has 1 unspecified atom stereocenters. The number of alkyl halides is 3. The highest BCUT2D eigenvalue weighted by atomic mass is 79.9. The number of anilines is 1. The van der Waals surface area contributed by atoms with E-state index < -0.39 is 17.6 Å². The lowest BCUT2D eigenvalue weighted by Crippen LogP contribution is -2.28. The van der Waals surface area contributed by atoms with Gasteiger partial charge in [0.15, 0.2) is 0 Å². The average Bonchev–Trinajstić information content (AvgIpc) is 3.25. The van der Waals surface area contributed by atoms with Gasteiger partial charge in [0.1, 0.15) is 23.0 Å². The summed E-state index contributed by atoms with van der Waals surface area (Å²) in [5.74, 6) is 1.28. The number of nitrogens with zero attached hydrogens (tertiary/aromatic N) is 2. The predicted molar refractivity (Wildman–Crippen MR) is 132 cm³/mol. The predicted octanol–water partition coefficient (Wildman–Crippen LogP) is 6.05. The Morgan fingerprint density at radius 1 is 1.17 bits per heavy atom. The van der Waals surface area contributed by atoms with Gasteiger partial charge in [0, 0.05) is 34.5 Å². The number of rotatable bonds is 6. The van der Waals surface area contributed by atoms with Crippen LogP contribution in [0.4, 0.5) is 18.9 Å². The van der Waals surface area contributed by atoms with Crippen LogP contribution in [0.15, 0.2) is 76.3 Å². The summed E-state index contributed by atoms with van der Waals surface area (Å²) >= 11 is 2.88. The molecule has 2 aromatic carbocycles. The van der Waals surface area contributed by atoms with Crippen LogP contribution >= 0.6 is 15.9 Å². The third-order valence-corrected chi connectivity index (χ3v) is 5.63. The molecule has 2 N–H and O–H groups in total. The lowest BCUT2D eigenvalue weighted by atomic mass is 10.2. The number of hydrogen-bond donors (Lipinski definition) is 2. The molecule has 35 heavy (non-hydrogen) atoms. The van der Waals surface area contributed by atoms with Gasteiger partial charge in [-0.3, -0.25) is 14.8 Å². The third kappa shape index (κ3) is 6.48. The van der Waals surface area contributed by atoms with Crippen LogP contribution in [0, 0.1) is 0 Å². The van der Waals surface area contributed by atoms with E-state index in [9.17, 15) is 18.0 Å². The van der Waals surface area contributed by atoms with Crippen LogP contribution < -0.4 is 15.4 Å². The molecule has 10 heteroatoms. The summed E-state index contributed by atoms with van der Waals surface area (Å²) in [6.07, 6.45) is -0.116. The van der Waals surface area contributed by atoms with E-state index in [4.69, 9.17) is 4.74 Å². The lowest BCUT2D eigenvalue weighted by Gasteiger charge is -2.11. The number of aromatic nitrogens is 1. The molecule has 0 spiro atoms. The Morgan fingerprint density at radius 3 is 2.71 bits per heavy atom. The van der Waals surface area contributed by atoms with Crippen molar-refractivity contribution in [1.82, 2.24) is 10.3 Å². The first-order valence-corrected chi connectivity index (χ1v) is 11.4. The molecule has 3 aromatic rings. The molecule has 0 radical (unpaired) electrons. The number of amides is 1. The Labute approximate surface area is 208 Å². The summed E-state index contributed by atoms with van der Waals surface area (Å²) in [4.78, 5) is 21.0. The van der Waals surface area contributed by atoms with E-state index in [1.807, 2.05) is 6.92 Å². The lowest BCUT2D eigenvalue weighted by molar-refractivity contribution is -0.138. The number of ether oxygens (including phenoxy) is 1. The van der Waals surface area contributed by atoms with E-state index in [0.29, 0.717) is 29.3 Å². The van der Waals surface area contributed by atoms with Crippen LogP contribution in [0.5, 0.6) is 11.5 Å². The van der Waals surface area contributed by atoms with Crippen LogP contribution in [-0.4, -0.2) is 29.3 Å². The van der Waals surface area contributed by atoms with Crippen LogP contribution in [0.25, 0.3) is 6.08 Å². The number of carbonyl (C=O) groups is 1. The second kappa shape index (κ2) is 10.3. The zero-order valence-corrected chi connectivity index (χ0v) is 20.0. The van der Waals surface area contributed by atoms with E-state index in [2.05, 4.69) is 36.5 Å². The second-order valence-electron chi connectivity index (χ2n) is 7.80. The third-order valence-electron chi connectivity index (χ3n) is 4.94. The summed E-state index contributed by atoms with van der Waals surface area (Å²) in [5.41, 5.74) is 0.528. The number of halogens is 4. The van der Waals surface area contributed by atoms with Gasteiger partial charge in [-0.2, -0.15) is 13.2 Å². The van der Waals surface area contributed by atoms with Gasteiger partial charge in [0.25, 0.3) is 0 Å². The van der Waals surface area contributed by atoms with Gasteiger partial charge >= 0.3 is 6.18 Å². The zero-order chi connectivity index (χ0) is 25.0. The molecule has 1 atom stereocenters.